The molecule has 2 rings (SSSR count). The number of benzene rings is 1. The lowest BCUT2D eigenvalue weighted by molar-refractivity contribution is 0.102. The van der Waals surface area contributed by atoms with Crippen LogP contribution in [-0.4, -0.2) is 21.5 Å². The van der Waals surface area contributed by atoms with E-state index in [2.05, 4.69) is 9.97 Å². The van der Waals surface area contributed by atoms with Crippen LogP contribution in [0.15, 0.2) is 41.8 Å². The van der Waals surface area contributed by atoms with Gasteiger partial charge in [0.15, 0.2) is 10.9 Å². The molecule has 1 aromatic heterocycles. The molecule has 0 bridgehead atoms. The van der Waals surface area contributed by atoms with Crippen molar-refractivity contribution in [1.29, 1.82) is 0 Å². The molecule has 5 heteroatoms. The van der Waals surface area contributed by atoms with E-state index in [1.165, 1.54) is 11.8 Å². The number of aromatic amines is 1. The summed E-state index contributed by atoms with van der Waals surface area (Å²) >= 11 is 7.19. The van der Waals surface area contributed by atoms with Crippen LogP contribution in [0.2, 0.25) is 5.02 Å². The monoisotopic (exact) mass is 252 g/mol. The van der Waals surface area contributed by atoms with Crippen molar-refractivity contribution >= 4 is 29.1 Å². The highest BCUT2D eigenvalue weighted by Crippen LogP contribution is 2.16. The van der Waals surface area contributed by atoms with Crippen molar-refractivity contribution in [2.45, 2.75) is 5.16 Å². The van der Waals surface area contributed by atoms with E-state index in [-0.39, 0.29) is 5.78 Å². The number of hydrogen-bond acceptors (Lipinski definition) is 3. The minimum absolute atomic E-state index is 0.0453. The van der Waals surface area contributed by atoms with Gasteiger partial charge in [-0.15, -0.1) is 0 Å². The number of imidazole rings is 1. The highest BCUT2D eigenvalue weighted by molar-refractivity contribution is 7.99. The van der Waals surface area contributed by atoms with Gasteiger partial charge in [0.05, 0.1) is 5.75 Å². The Balaban J connectivity index is 1.98. The molecule has 0 aliphatic carbocycles. The number of rotatable bonds is 4. The van der Waals surface area contributed by atoms with E-state index in [1.54, 1.807) is 36.7 Å². The van der Waals surface area contributed by atoms with Gasteiger partial charge in [0.25, 0.3) is 0 Å². The highest BCUT2D eigenvalue weighted by Gasteiger charge is 2.07. The Bertz CT molecular complexity index is 484. The number of thioether (sulfide) groups is 1. The normalized spacial score (nSPS) is 10.3. The zero-order valence-corrected chi connectivity index (χ0v) is 9.89. The van der Waals surface area contributed by atoms with Crippen molar-refractivity contribution in [3.8, 4) is 0 Å². The van der Waals surface area contributed by atoms with Gasteiger partial charge in [-0.25, -0.2) is 4.98 Å². The number of carbonyl (C=O) groups is 1. The Hall–Kier alpha value is -1.26. The van der Waals surface area contributed by atoms with E-state index in [1.807, 2.05) is 0 Å². The number of carbonyl (C=O) groups excluding carboxylic acids is 1. The zero-order chi connectivity index (χ0) is 11.4. The van der Waals surface area contributed by atoms with Crippen LogP contribution in [0.3, 0.4) is 0 Å². The van der Waals surface area contributed by atoms with Gasteiger partial charge in [0.1, 0.15) is 0 Å². The lowest BCUT2D eigenvalue weighted by Gasteiger charge is -1.99. The molecule has 0 radical (unpaired) electrons. The molecular weight excluding hydrogens is 244 g/mol. The van der Waals surface area contributed by atoms with Crippen molar-refractivity contribution in [2.75, 3.05) is 5.75 Å². The van der Waals surface area contributed by atoms with E-state index < -0.39 is 0 Å². The molecule has 1 heterocycles. The van der Waals surface area contributed by atoms with Gasteiger partial charge in [-0.1, -0.05) is 35.5 Å². The quantitative estimate of drug-likeness (QED) is 0.672. The van der Waals surface area contributed by atoms with Gasteiger partial charge in [0, 0.05) is 23.0 Å². The largest absolute Gasteiger partial charge is 0.340 e. The maximum Gasteiger partial charge on any atom is 0.173 e. The third kappa shape index (κ3) is 2.87. The maximum absolute atomic E-state index is 11.8. The van der Waals surface area contributed by atoms with Gasteiger partial charge >= 0.3 is 0 Å². The first-order valence-corrected chi connectivity index (χ1v) is 6.03. The molecule has 0 atom stereocenters. The number of Topliss-reactive ketones (excluding diaryl/α,β-unsaturated/α-hetero) is 1. The lowest BCUT2D eigenvalue weighted by Crippen LogP contribution is -2.02. The van der Waals surface area contributed by atoms with Crippen LogP contribution in [-0.2, 0) is 0 Å². The van der Waals surface area contributed by atoms with Crippen molar-refractivity contribution in [1.82, 2.24) is 9.97 Å². The second-order valence-electron chi connectivity index (χ2n) is 3.12. The molecular formula is C11H9ClN2OS. The van der Waals surface area contributed by atoms with Crippen LogP contribution in [0.25, 0.3) is 0 Å². The third-order valence-corrected chi connectivity index (χ3v) is 3.10. The first-order chi connectivity index (χ1) is 7.75. The average Bonchev–Trinajstić information content (AvgIpc) is 2.78. The Morgan fingerprint density at radius 3 is 3.06 bits per heavy atom. The van der Waals surface area contributed by atoms with Crippen LogP contribution in [0.5, 0.6) is 0 Å². The molecule has 1 N–H and O–H groups in total. The molecule has 0 saturated heterocycles. The highest BCUT2D eigenvalue weighted by atomic mass is 35.5. The minimum atomic E-state index is 0.0453. The summed E-state index contributed by atoms with van der Waals surface area (Å²) < 4.78 is 0. The molecule has 0 unspecified atom stereocenters. The van der Waals surface area contributed by atoms with Crippen LogP contribution >= 0.6 is 23.4 Å². The van der Waals surface area contributed by atoms with Crippen LogP contribution in [0.1, 0.15) is 10.4 Å². The molecule has 0 aliphatic rings. The van der Waals surface area contributed by atoms with E-state index >= 15 is 0 Å². The number of ketones is 1. The number of H-pyrrole nitrogens is 1. The maximum atomic E-state index is 11.8. The van der Waals surface area contributed by atoms with Gasteiger partial charge in [0.2, 0.25) is 0 Å². The summed E-state index contributed by atoms with van der Waals surface area (Å²) in [6.45, 7) is 0. The molecule has 0 amide bonds. The number of halogens is 1. The predicted octanol–water partition coefficient (Wildman–Crippen LogP) is 3.04. The van der Waals surface area contributed by atoms with E-state index in [0.29, 0.717) is 16.3 Å². The van der Waals surface area contributed by atoms with Crippen molar-refractivity contribution < 1.29 is 4.79 Å². The molecule has 1 aromatic carbocycles. The van der Waals surface area contributed by atoms with E-state index in [4.69, 9.17) is 11.6 Å². The Labute approximate surface area is 102 Å². The summed E-state index contributed by atoms with van der Waals surface area (Å²) in [5.41, 5.74) is 0.631. The predicted molar refractivity (Wildman–Crippen MR) is 65.1 cm³/mol. The Morgan fingerprint density at radius 1 is 1.50 bits per heavy atom. The summed E-state index contributed by atoms with van der Waals surface area (Å²) in [6, 6.07) is 6.95. The summed E-state index contributed by atoms with van der Waals surface area (Å²) in [4.78, 5) is 18.7. The van der Waals surface area contributed by atoms with E-state index in [0.717, 1.165) is 5.16 Å². The fraction of sp³-hybridized carbons (Fsp3) is 0.0909. The van der Waals surface area contributed by atoms with Crippen molar-refractivity contribution in [2.24, 2.45) is 0 Å². The van der Waals surface area contributed by atoms with Crippen LogP contribution < -0.4 is 0 Å². The van der Waals surface area contributed by atoms with Crippen LogP contribution in [0, 0.1) is 0 Å². The zero-order valence-electron chi connectivity index (χ0n) is 8.31. The van der Waals surface area contributed by atoms with Gasteiger partial charge in [-0.2, -0.15) is 0 Å². The van der Waals surface area contributed by atoms with Crippen LogP contribution in [0.4, 0.5) is 0 Å². The fourth-order valence-corrected chi connectivity index (χ4v) is 2.12. The molecule has 82 valence electrons. The SMILES string of the molecule is O=C(CSc1ncc[nH]1)c1cccc(Cl)c1. The van der Waals surface area contributed by atoms with Crippen molar-refractivity contribution in [3.63, 3.8) is 0 Å². The molecule has 2 aromatic rings. The summed E-state index contributed by atoms with van der Waals surface area (Å²) in [6.07, 6.45) is 3.39. The second kappa shape index (κ2) is 5.18. The molecule has 0 aliphatic heterocycles. The number of nitrogens with zero attached hydrogens (tertiary/aromatic N) is 1. The van der Waals surface area contributed by atoms with Crippen molar-refractivity contribution in [3.05, 3.63) is 47.2 Å². The second-order valence-corrected chi connectivity index (χ2v) is 4.52. The number of hydrogen-bond donors (Lipinski definition) is 1. The summed E-state index contributed by atoms with van der Waals surface area (Å²) in [5, 5.41) is 1.32. The lowest BCUT2D eigenvalue weighted by atomic mass is 10.1. The standard InChI is InChI=1S/C11H9ClN2OS/c12-9-3-1-2-8(6-9)10(15)7-16-11-13-4-5-14-11/h1-6H,7H2,(H,13,14). The first kappa shape index (κ1) is 11.2. The van der Waals surface area contributed by atoms with E-state index in [9.17, 15) is 4.79 Å². The summed E-state index contributed by atoms with van der Waals surface area (Å²) in [7, 11) is 0. The topological polar surface area (TPSA) is 45.8 Å². The van der Waals surface area contributed by atoms with Gasteiger partial charge in [-0.3, -0.25) is 4.79 Å². The van der Waals surface area contributed by atoms with Gasteiger partial charge < -0.3 is 4.98 Å². The third-order valence-electron chi connectivity index (χ3n) is 1.96. The fourth-order valence-electron chi connectivity index (χ4n) is 1.21. The molecule has 3 nitrogen and oxygen atoms in total. The summed E-state index contributed by atoms with van der Waals surface area (Å²) in [5.74, 6) is 0.400. The molecule has 16 heavy (non-hydrogen) atoms. The average molecular weight is 253 g/mol. The minimum Gasteiger partial charge on any atom is -0.340 e. The molecule has 0 spiro atoms. The molecule has 0 saturated carbocycles. The molecule has 0 fully saturated rings. The Morgan fingerprint density at radius 2 is 2.38 bits per heavy atom. The Kier molecular flexibility index (Phi) is 3.64. The smallest absolute Gasteiger partial charge is 0.173 e. The number of nitrogens with one attached hydrogen (secondary N) is 1. The first-order valence-electron chi connectivity index (χ1n) is 4.66. The van der Waals surface area contributed by atoms with Gasteiger partial charge in [-0.05, 0) is 12.1 Å². The number of aromatic nitrogens is 2.